The van der Waals surface area contributed by atoms with Crippen LogP contribution in [0.4, 0.5) is 16.2 Å². The van der Waals surface area contributed by atoms with Gasteiger partial charge in [0.2, 0.25) is 0 Å². The quantitative estimate of drug-likeness (QED) is 0.841. The van der Waals surface area contributed by atoms with Crippen LogP contribution in [0.25, 0.3) is 0 Å². The molecular formula is C15H20N2O2. The third-order valence-electron chi connectivity index (χ3n) is 3.89. The lowest BCUT2D eigenvalue weighted by Gasteiger charge is -2.31. The van der Waals surface area contributed by atoms with Gasteiger partial charge in [0.1, 0.15) is 6.10 Å². The summed E-state index contributed by atoms with van der Waals surface area (Å²) < 4.78 is 5.65. The molecular weight excluding hydrogens is 240 g/mol. The average molecular weight is 260 g/mol. The molecule has 0 spiro atoms. The summed E-state index contributed by atoms with van der Waals surface area (Å²) in [7, 11) is 0. The van der Waals surface area contributed by atoms with Crippen molar-refractivity contribution < 1.29 is 9.53 Å². The fraction of sp³-hybridized carbons (Fsp3) is 0.533. The van der Waals surface area contributed by atoms with Crippen molar-refractivity contribution in [1.82, 2.24) is 0 Å². The summed E-state index contributed by atoms with van der Waals surface area (Å²) in [5.74, 6) is 0. The molecule has 1 aliphatic heterocycles. The smallest absolute Gasteiger partial charge is 0.414 e. The van der Waals surface area contributed by atoms with Gasteiger partial charge in [0.25, 0.3) is 0 Å². The molecule has 19 heavy (non-hydrogen) atoms. The number of anilines is 2. The largest absolute Gasteiger partial charge is 0.446 e. The lowest BCUT2D eigenvalue weighted by Crippen LogP contribution is -2.41. The topological polar surface area (TPSA) is 41.6 Å². The van der Waals surface area contributed by atoms with Crippen molar-refractivity contribution in [3.63, 3.8) is 0 Å². The highest BCUT2D eigenvalue weighted by Gasteiger charge is 2.26. The molecule has 1 heterocycles. The Balaban J connectivity index is 1.70. The van der Waals surface area contributed by atoms with E-state index in [4.69, 9.17) is 4.74 Å². The van der Waals surface area contributed by atoms with Crippen LogP contribution >= 0.6 is 0 Å². The fourth-order valence-electron chi connectivity index (χ4n) is 2.86. The van der Waals surface area contributed by atoms with E-state index >= 15 is 0 Å². The molecule has 0 saturated heterocycles. The van der Waals surface area contributed by atoms with Crippen LogP contribution in [0.2, 0.25) is 0 Å². The number of rotatable bonds is 1. The first-order valence-electron chi connectivity index (χ1n) is 7.15. The molecule has 2 aliphatic rings. The van der Waals surface area contributed by atoms with Crippen LogP contribution in [-0.2, 0) is 4.74 Å². The van der Waals surface area contributed by atoms with Crippen molar-refractivity contribution in [2.75, 3.05) is 23.3 Å². The molecule has 0 bridgehead atoms. The zero-order valence-corrected chi connectivity index (χ0v) is 11.1. The first-order valence-corrected chi connectivity index (χ1v) is 7.15. The minimum atomic E-state index is -0.194. The maximum absolute atomic E-state index is 12.3. The number of carbonyl (C=O) groups excluding carboxylic acids is 1. The molecule has 4 heteroatoms. The minimum absolute atomic E-state index is 0.114. The Hall–Kier alpha value is -1.71. The van der Waals surface area contributed by atoms with Crippen molar-refractivity contribution >= 4 is 17.5 Å². The molecule has 0 unspecified atom stereocenters. The summed E-state index contributed by atoms with van der Waals surface area (Å²) in [5, 5.41) is 3.30. The van der Waals surface area contributed by atoms with Gasteiger partial charge in [-0.15, -0.1) is 0 Å². The molecule has 0 atom stereocenters. The van der Waals surface area contributed by atoms with E-state index in [2.05, 4.69) is 5.32 Å². The maximum atomic E-state index is 12.3. The Labute approximate surface area is 113 Å². The second kappa shape index (κ2) is 5.51. The van der Waals surface area contributed by atoms with Crippen molar-refractivity contribution in [3.05, 3.63) is 24.3 Å². The predicted octanol–water partition coefficient (Wildman–Crippen LogP) is 3.39. The van der Waals surface area contributed by atoms with Crippen LogP contribution in [-0.4, -0.2) is 25.3 Å². The predicted molar refractivity (Wildman–Crippen MR) is 75.6 cm³/mol. The molecule has 1 N–H and O–H groups in total. The lowest BCUT2D eigenvalue weighted by atomic mass is 9.98. The summed E-state index contributed by atoms with van der Waals surface area (Å²) in [6.07, 6.45) is 5.57. The average Bonchev–Trinajstić information content (AvgIpc) is 2.47. The highest BCUT2D eigenvalue weighted by atomic mass is 16.6. The van der Waals surface area contributed by atoms with E-state index in [9.17, 15) is 4.79 Å². The molecule has 1 fully saturated rings. The van der Waals surface area contributed by atoms with E-state index in [1.807, 2.05) is 24.3 Å². The van der Waals surface area contributed by atoms with E-state index in [0.717, 1.165) is 30.8 Å². The van der Waals surface area contributed by atoms with Gasteiger partial charge in [-0.3, -0.25) is 4.90 Å². The van der Waals surface area contributed by atoms with Crippen molar-refractivity contribution in [1.29, 1.82) is 0 Å². The van der Waals surface area contributed by atoms with Crippen LogP contribution in [0, 0.1) is 0 Å². The summed E-state index contributed by atoms with van der Waals surface area (Å²) in [6, 6.07) is 7.88. The number of amides is 1. The third kappa shape index (κ3) is 2.67. The van der Waals surface area contributed by atoms with Crippen molar-refractivity contribution in [3.8, 4) is 0 Å². The molecule has 1 aromatic carbocycles. The summed E-state index contributed by atoms with van der Waals surface area (Å²) in [6.45, 7) is 1.44. The summed E-state index contributed by atoms with van der Waals surface area (Å²) in [5.41, 5.74) is 1.93. The number of nitrogens with one attached hydrogen (secondary N) is 1. The van der Waals surface area contributed by atoms with Crippen LogP contribution in [0.15, 0.2) is 24.3 Å². The number of fused-ring (bicyclic) bond motifs is 1. The number of hydrogen-bond acceptors (Lipinski definition) is 3. The Kier molecular flexibility index (Phi) is 3.58. The molecule has 1 amide bonds. The molecule has 1 aliphatic carbocycles. The number of benzene rings is 1. The van der Waals surface area contributed by atoms with Gasteiger partial charge in [0.15, 0.2) is 0 Å². The maximum Gasteiger partial charge on any atom is 0.414 e. The lowest BCUT2D eigenvalue weighted by molar-refractivity contribution is 0.0809. The van der Waals surface area contributed by atoms with Gasteiger partial charge >= 0.3 is 6.09 Å². The van der Waals surface area contributed by atoms with Gasteiger partial charge in [-0.2, -0.15) is 0 Å². The van der Waals surface area contributed by atoms with Gasteiger partial charge in [0.05, 0.1) is 11.4 Å². The monoisotopic (exact) mass is 260 g/mol. The Morgan fingerprint density at radius 1 is 1.21 bits per heavy atom. The Bertz CT molecular complexity index is 455. The number of nitrogens with zero attached hydrogens (tertiary/aromatic N) is 1. The van der Waals surface area contributed by atoms with Gasteiger partial charge in [-0.25, -0.2) is 4.79 Å². The SMILES string of the molecule is O=C(OC1CCCCC1)N1CCNc2ccccc21. The zero-order chi connectivity index (χ0) is 13.1. The van der Waals surface area contributed by atoms with Crippen LogP contribution in [0.5, 0.6) is 0 Å². The van der Waals surface area contributed by atoms with E-state index in [1.54, 1.807) is 4.90 Å². The molecule has 0 radical (unpaired) electrons. The second-order valence-corrected chi connectivity index (χ2v) is 5.24. The molecule has 3 rings (SSSR count). The van der Waals surface area contributed by atoms with E-state index < -0.39 is 0 Å². The van der Waals surface area contributed by atoms with Gasteiger partial charge in [-0.05, 0) is 37.8 Å². The van der Waals surface area contributed by atoms with Crippen LogP contribution in [0.1, 0.15) is 32.1 Å². The first kappa shape index (κ1) is 12.3. The van der Waals surface area contributed by atoms with Crippen LogP contribution in [0.3, 0.4) is 0 Å². The zero-order valence-electron chi connectivity index (χ0n) is 11.1. The number of ether oxygens (including phenoxy) is 1. The van der Waals surface area contributed by atoms with Gasteiger partial charge in [0, 0.05) is 13.1 Å². The highest BCUT2D eigenvalue weighted by molar-refractivity contribution is 5.93. The highest BCUT2D eigenvalue weighted by Crippen LogP contribution is 2.30. The third-order valence-corrected chi connectivity index (χ3v) is 3.89. The van der Waals surface area contributed by atoms with E-state index in [-0.39, 0.29) is 12.2 Å². The van der Waals surface area contributed by atoms with Crippen molar-refractivity contribution in [2.45, 2.75) is 38.2 Å². The molecule has 4 nitrogen and oxygen atoms in total. The summed E-state index contributed by atoms with van der Waals surface area (Å²) >= 11 is 0. The molecule has 102 valence electrons. The normalized spacial score (nSPS) is 19.5. The molecule has 0 aromatic heterocycles. The Morgan fingerprint density at radius 2 is 2.00 bits per heavy atom. The second-order valence-electron chi connectivity index (χ2n) is 5.24. The standard InChI is InChI=1S/C15H20N2O2/c18-15(19-12-6-2-1-3-7-12)17-11-10-16-13-8-4-5-9-14(13)17/h4-5,8-9,12,16H,1-3,6-7,10-11H2. The first-order chi connectivity index (χ1) is 9.34. The number of para-hydroxylation sites is 2. The fourth-order valence-corrected chi connectivity index (χ4v) is 2.86. The van der Waals surface area contributed by atoms with Crippen LogP contribution < -0.4 is 10.2 Å². The molecule has 1 saturated carbocycles. The molecule has 1 aromatic rings. The number of hydrogen-bond donors (Lipinski definition) is 1. The summed E-state index contributed by atoms with van der Waals surface area (Å²) in [4.78, 5) is 14.1. The van der Waals surface area contributed by atoms with E-state index in [0.29, 0.717) is 6.54 Å². The van der Waals surface area contributed by atoms with Gasteiger partial charge in [-0.1, -0.05) is 18.6 Å². The van der Waals surface area contributed by atoms with Gasteiger partial charge < -0.3 is 10.1 Å². The van der Waals surface area contributed by atoms with Crippen molar-refractivity contribution in [2.24, 2.45) is 0 Å². The minimum Gasteiger partial charge on any atom is -0.446 e. The number of carbonyl (C=O) groups is 1. The van der Waals surface area contributed by atoms with E-state index in [1.165, 1.54) is 19.3 Å². The Morgan fingerprint density at radius 3 is 2.84 bits per heavy atom.